The molecule has 1 aliphatic carbocycles. The molecule has 0 amide bonds. The van der Waals surface area contributed by atoms with Crippen molar-refractivity contribution in [1.29, 1.82) is 0 Å². The molecule has 2 heterocycles. The molecule has 0 spiro atoms. The van der Waals surface area contributed by atoms with Crippen LogP contribution in [0.3, 0.4) is 0 Å². The summed E-state index contributed by atoms with van der Waals surface area (Å²) in [6.07, 6.45) is 4.71. The molecule has 17 heavy (non-hydrogen) atoms. The second kappa shape index (κ2) is 4.66. The maximum Gasteiger partial charge on any atom is 0.203 e. The zero-order valence-electron chi connectivity index (χ0n) is 9.24. The van der Waals surface area contributed by atoms with Gasteiger partial charge >= 0.3 is 0 Å². The van der Waals surface area contributed by atoms with E-state index in [2.05, 4.69) is 20.4 Å². The van der Waals surface area contributed by atoms with Gasteiger partial charge in [0.05, 0.1) is 0 Å². The summed E-state index contributed by atoms with van der Waals surface area (Å²) >= 11 is 3.17. The van der Waals surface area contributed by atoms with Gasteiger partial charge in [0.2, 0.25) is 5.13 Å². The first-order valence-electron chi connectivity index (χ1n) is 5.68. The molecule has 0 aliphatic heterocycles. The Morgan fingerprint density at radius 1 is 1.12 bits per heavy atom. The number of nitrogen functional groups attached to an aromatic ring is 1. The van der Waals surface area contributed by atoms with Crippen LogP contribution in [0.1, 0.15) is 47.5 Å². The molecular weight excluding hydrogens is 254 g/mol. The van der Waals surface area contributed by atoms with E-state index in [0.717, 1.165) is 16.4 Å². The quantitative estimate of drug-likeness (QED) is 0.904. The topological polar surface area (TPSA) is 77.6 Å². The number of nitrogens with zero attached hydrogens (tertiary/aromatic N) is 4. The van der Waals surface area contributed by atoms with E-state index in [9.17, 15) is 0 Å². The van der Waals surface area contributed by atoms with E-state index < -0.39 is 0 Å². The zero-order chi connectivity index (χ0) is 11.7. The van der Waals surface area contributed by atoms with Crippen LogP contribution in [-0.2, 0) is 0 Å². The lowest BCUT2D eigenvalue weighted by molar-refractivity contribution is 0.390. The smallest absolute Gasteiger partial charge is 0.203 e. The summed E-state index contributed by atoms with van der Waals surface area (Å²) in [4.78, 5) is 0. The van der Waals surface area contributed by atoms with Gasteiger partial charge in [0.1, 0.15) is 15.5 Å². The van der Waals surface area contributed by atoms with Crippen molar-refractivity contribution < 1.29 is 0 Å². The van der Waals surface area contributed by atoms with E-state index in [1.807, 2.05) is 5.51 Å². The van der Waals surface area contributed by atoms with Crippen molar-refractivity contribution in [1.82, 2.24) is 20.4 Å². The SMILES string of the molecule is Nc1nnc([C@H]2CCC[C@H](c3nncs3)C2)s1. The second-order valence-electron chi connectivity index (χ2n) is 4.32. The van der Waals surface area contributed by atoms with Gasteiger partial charge in [0.15, 0.2) is 0 Å². The highest BCUT2D eigenvalue weighted by atomic mass is 32.1. The van der Waals surface area contributed by atoms with Gasteiger partial charge < -0.3 is 5.73 Å². The average molecular weight is 267 g/mol. The Labute approximate surface area is 107 Å². The molecule has 2 aromatic heterocycles. The van der Waals surface area contributed by atoms with Crippen molar-refractivity contribution >= 4 is 27.8 Å². The summed E-state index contributed by atoms with van der Waals surface area (Å²) < 4.78 is 0. The molecule has 5 nitrogen and oxygen atoms in total. The molecule has 7 heteroatoms. The van der Waals surface area contributed by atoms with Crippen molar-refractivity contribution in [2.24, 2.45) is 0 Å². The first-order valence-corrected chi connectivity index (χ1v) is 7.37. The fourth-order valence-corrected chi connectivity index (χ4v) is 3.87. The van der Waals surface area contributed by atoms with Gasteiger partial charge in [0.25, 0.3) is 0 Å². The summed E-state index contributed by atoms with van der Waals surface area (Å²) in [7, 11) is 0. The lowest BCUT2D eigenvalue weighted by Gasteiger charge is -2.25. The Bertz CT molecular complexity index is 481. The summed E-state index contributed by atoms with van der Waals surface area (Å²) in [5.41, 5.74) is 7.45. The average Bonchev–Trinajstić information content (AvgIpc) is 3.00. The number of hydrogen-bond acceptors (Lipinski definition) is 7. The van der Waals surface area contributed by atoms with Crippen molar-refractivity contribution in [2.45, 2.75) is 37.5 Å². The minimum Gasteiger partial charge on any atom is -0.374 e. The van der Waals surface area contributed by atoms with Gasteiger partial charge in [0, 0.05) is 11.8 Å². The summed E-state index contributed by atoms with van der Waals surface area (Å²) in [6, 6.07) is 0. The molecule has 3 rings (SSSR count). The maximum absolute atomic E-state index is 5.64. The maximum atomic E-state index is 5.64. The molecule has 0 bridgehead atoms. The fourth-order valence-electron chi connectivity index (χ4n) is 2.41. The van der Waals surface area contributed by atoms with Crippen molar-refractivity contribution in [2.75, 3.05) is 5.73 Å². The first kappa shape index (κ1) is 11.0. The summed E-state index contributed by atoms with van der Waals surface area (Å²) in [5, 5.41) is 19.0. The van der Waals surface area contributed by atoms with Crippen LogP contribution in [-0.4, -0.2) is 20.4 Å². The molecule has 1 fully saturated rings. The van der Waals surface area contributed by atoms with E-state index in [4.69, 9.17) is 5.73 Å². The van der Waals surface area contributed by atoms with Gasteiger partial charge in [-0.1, -0.05) is 17.8 Å². The van der Waals surface area contributed by atoms with Crippen molar-refractivity contribution in [3.63, 3.8) is 0 Å². The standard InChI is InChI=1S/C10H13N5S2/c11-10-15-14-9(17-10)7-3-1-2-6(4-7)8-13-12-5-16-8/h5-7H,1-4H2,(H2,11,15)/t6-,7-/m0/s1. The van der Waals surface area contributed by atoms with Crippen LogP contribution in [0.2, 0.25) is 0 Å². The predicted octanol–water partition coefficient (Wildman–Crippen LogP) is 2.41. The van der Waals surface area contributed by atoms with Gasteiger partial charge in [-0.3, -0.25) is 0 Å². The highest BCUT2D eigenvalue weighted by Crippen LogP contribution is 2.42. The lowest BCUT2D eigenvalue weighted by Crippen LogP contribution is -2.12. The van der Waals surface area contributed by atoms with Gasteiger partial charge in [-0.15, -0.1) is 31.7 Å². The van der Waals surface area contributed by atoms with E-state index in [1.165, 1.54) is 30.6 Å². The molecule has 0 unspecified atom stereocenters. The van der Waals surface area contributed by atoms with Crippen LogP contribution < -0.4 is 5.73 Å². The van der Waals surface area contributed by atoms with Crippen LogP contribution in [0.5, 0.6) is 0 Å². The number of hydrogen-bond donors (Lipinski definition) is 1. The summed E-state index contributed by atoms with van der Waals surface area (Å²) in [5.74, 6) is 1.03. The molecule has 2 aromatic rings. The van der Waals surface area contributed by atoms with Crippen LogP contribution in [0.15, 0.2) is 5.51 Å². The summed E-state index contributed by atoms with van der Waals surface area (Å²) in [6.45, 7) is 0. The van der Waals surface area contributed by atoms with Gasteiger partial charge in [-0.25, -0.2) is 0 Å². The minimum absolute atomic E-state index is 0.493. The third-order valence-corrected chi connectivity index (χ3v) is 4.98. The molecule has 1 saturated carbocycles. The highest BCUT2D eigenvalue weighted by Gasteiger charge is 2.28. The Balaban J connectivity index is 1.76. The predicted molar refractivity (Wildman–Crippen MR) is 68.2 cm³/mol. The molecule has 0 saturated heterocycles. The van der Waals surface area contributed by atoms with E-state index in [0.29, 0.717) is 17.0 Å². The van der Waals surface area contributed by atoms with Crippen molar-refractivity contribution in [3.05, 3.63) is 15.5 Å². The number of aromatic nitrogens is 4. The van der Waals surface area contributed by atoms with E-state index in [-0.39, 0.29) is 0 Å². The van der Waals surface area contributed by atoms with E-state index in [1.54, 1.807) is 11.3 Å². The first-order chi connectivity index (χ1) is 8.33. The van der Waals surface area contributed by atoms with Gasteiger partial charge in [-0.05, 0) is 19.3 Å². The fraction of sp³-hybridized carbons (Fsp3) is 0.600. The molecule has 0 radical (unpaired) electrons. The van der Waals surface area contributed by atoms with Crippen LogP contribution in [0.25, 0.3) is 0 Å². The van der Waals surface area contributed by atoms with Crippen molar-refractivity contribution in [3.8, 4) is 0 Å². The molecule has 90 valence electrons. The molecule has 1 aliphatic rings. The zero-order valence-corrected chi connectivity index (χ0v) is 10.9. The molecular formula is C10H13N5S2. The normalized spacial score (nSPS) is 24.9. The Morgan fingerprint density at radius 3 is 2.59 bits per heavy atom. The number of anilines is 1. The monoisotopic (exact) mass is 267 g/mol. The van der Waals surface area contributed by atoms with Crippen LogP contribution in [0.4, 0.5) is 5.13 Å². The Kier molecular flexibility index (Phi) is 3.02. The number of nitrogens with two attached hydrogens (primary N) is 1. The Hall–Kier alpha value is -1.08. The lowest BCUT2D eigenvalue weighted by atomic mass is 9.82. The molecule has 2 N–H and O–H groups in total. The minimum atomic E-state index is 0.493. The van der Waals surface area contributed by atoms with Gasteiger partial charge in [-0.2, -0.15) is 0 Å². The number of rotatable bonds is 2. The highest BCUT2D eigenvalue weighted by molar-refractivity contribution is 7.15. The third-order valence-electron chi connectivity index (χ3n) is 3.21. The largest absolute Gasteiger partial charge is 0.374 e. The molecule has 0 aromatic carbocycles. The Morgan fingerprint density at radius 2 is 1.94 bits per heavy atom. The second-order valence-corrected chi connectivity index (χ2v) is 6.22. The van der Waals surface area contributed by atoms with Crippen LogP contribution in [0, 0.1) is 0 Å². The third kappa shape index (κ3) is 2.30. The van der Waals surface area contributed by atoms with Crippen LogP contribution >= 0.6 is 22.7 Å². The van der Waals surface area contributed by atoms with E-state index >= 15 is 0 Å². The molecule has 2 atom stereocenters.